The molecule has 0 radical (unpaired) electrons. The fraction of sp³-hybridized carbons (Fsp3) is 0.467. The van der Waals surface area contributed by atoms with Gasteiger partial charge in [-0.05, 0) is 40.7 Å². The quantitative estimate of drug-likeness (QED) is 0.571. The second-order valence-corrected chi connectivity index (χ2v) is 7.16. The van der Waals surface area contributed by atoms with Crippen LogP contribution in [0.3, 0.4) is 0 Å². The van der Waals surface area contributed by atoms with E-state index >= 15 is 0 Å². The molecule has 23 heavy (non-hydrogen) atoms. The molecule has 0 spiro atoms. The predicted molar refractivity (Wildman–Crippen MR) is 83.5 cm³/mol. The predicted octanol–water partition coefficient (Wildman–Crippen LogP) is 3.87. The van der Waals surface area contributed by atoms with Gasteiger partial charge in [-0.2, -0.15) is 0 Å². The number of carbonyl (C=O) groups excluding carboxylic acids is 2. The van der Waals surface area contributed by atoms with E-state index in [0.29, 0.717) is 0 Å². The Morgan fingerprint density at radius 3 is 2.39 bits per heavy atom. The van der Waals surface area contributed by atoms with Crippen LogP contribution in [0.4, 0.5) is 10.5 Å². The van der Waals surface area contributed by atoms with Gasteiger partial charge in [0.05, 0.1) is 10.5 Å². The first-order chi connectivity index (χ1) is 10.4. The first-order valence-corrected chi connectivity index (χ1v) is 7.30. The van der Waals surface area contributed by atoms with Crippen molar-refractivity contribution in [2.45, 2.75) is 45.8 Å². The van der Waals surface area contributed by atoms with Crippen molar-refractivity contribution in [3.8, 4) is 0 Å². The summed E-state index contributed by atoms with van der Waals surface area (Å²) in [5.41, 5.74) is -2.26. The fourth-order valence-corrected chi connectivity index (χ4v) is 3.02. The maximum Gasteiger partial charge on any atom is 0.418 e. The van der Waals surface area contributed by atoms with Gasteiger partial charge >= 0.3 is 6.09 Å². The first-order valence-electron chi connectivity index (χ1n) is 6.93. The molecule has 124 valence electrons. The van der Waals surface area contributed by atoms with Crippen molar-refractivity contribution in [3.05, 3.63) is 38.4 Å². The molecule has 0 N–H and O–H groups in total. The number of rotatable bonds is 1. The number of amides is 2. The third-order valence-corrected chi connectivity index (χ3v) is 3.81. The van der Waals surface area contributed by atoms with E-state index in [1.54, 1.807) is 34.6 Å². The second-order valence-electron chi connectivity index (χ2n) is 6.75. The molecular formula is C15H17ClN2O5. The maximum absolute atomic E-state index is 12.7. The Morgan fingerprint density at radius 1 is 1.35 bits per heavy atom. The van der Waals surface area contributed by atoms with Crippen molar-refractivity contribution < 1.29 is 19.2 Å². The minimum Gasteiger partial charge on any atom is -0.443 e. The van der Waals surface area contributed by atoms with Crippen molar-refractivity contribution >= 4 is 29.3 Å². The van der Waals surface area contributed by atoms with Crippen LogP contribution in [-0.4, -0.2) is 27.4 Å². The molecule has 1 heterocycles. The summed E-state index contributed by atoms with van der Waals surface area (Å²) < 4.78 is 5.25. The standard InChI is InChI=1S/C15H17ClN2O5/c1-14(2,3)23-13(20)17-12(19)10-9(18(21)22)7-6-8(16)11(10)15(17,4)5/h6-7H,1-5H3. The van der Waals surface area contributed by atoms with Gasteiger partial charge in [0.2, 0.25) is 0 Å². The van der Waals surface area contributed by atoms with Crippen LogP contribution in [0.25, 0.3) is 0 Å². The number of halogens is 1. The summed E-state index contributed by atoms with van der Waals surface area (Å²) in [4.78, 5) is 36.5. The van der Waals surface area contributed by atoms with E-state index in [9.17, 15) is 19.7 Å². The van der Waals surface area contributed by atoms with Crippen LogP contribution in [0.5, 0.6) is 0 Å². The fourth-order valence-electron chi connectivity index (χ4n) is 2.63. The molecule has 0 aliphatic carbocycles. The Balaban J connectivity index is 2.63. The number of nitro benzene ring substituents is 1. The number of fused-ring (bicyclic) bond motifs is 1. The van der Waals surface area contributed by atoms with E-state index in [1.807, 2.05) is 0 Å². The molecule has 0 saturated heterocycles. The van der Waals surface area contributed by atoms with Gasteiger partial charge in [0, 0.05) is 16.7 Å². The molecule has 1 aromatic carbocycles. The molecule has 0 atom stereocenters. The molecule has 0 unspecified atom stereocenters. The topological polar surface area (TPSA) is 89.8 Å². The number of hydrogen-bond donors (Lipinski definition) is 0. The number of ether oxygens (including phenoxy) is 1. The number of carbonyl (C=O) groups is 2. The molecule has 8 heteroatoms. The van der Waals surface area contributed by atoms with E-state index in [1.165, 1.54) is 6.07 Å². The summed E-state index contributed by atoms with van der Waals surface area (Å²) in [5.74, 6) is -0.784. The summed E-state index contributed by atoms with van der Waals surface area (Å²) in [6, 6.07) is 2.51. The zero-order valence-corrected chi connectivity index (χ0v) is 14.2. The molecular weight excluding hydrogens is 324 g/mol. The van der Waals surface area contributed by atoms with E-state index < -0.39 is 28.1 Å². The Bertz CT molecular complexity index is 721. The van der Waals surface area contributed by atoms with Crippen LogP contribution in [-0.2, 0) is 10.3 Å². The molecule has 2 amide bonds. The van der Waals surface area contributed by atoms with Crippen molar-refractivity contribution in [3.63, 3.8) is 0 Å². The Kier molecular flexibility index (Phi) is 3.89. The summed E-state index contributed by atoms with van der Waals surface area (Å²) in [7, 11) is 0. The number of nitrogens with zero attached hydrogens (tertiary/aromatic N) is 2. The number of hydrogen-bond acceptors (Lipinski definition) is 5. The monoisotopic (exact) mass is 340 g/mol. The van der Waals surface area contributed by atoms with E-state index in [-0.39, 0.29) is 21.8 Å². The van der Waals surface area contributed by atoms with Crippen LogP contribution in [0.1, 0.15) is 50.5 Å². The minimum absolute atomic E-state index is 0.168. The van der Waals surface area contributed by atoms with Crippen molar-refractivity contribution in [2.75, 3.05) is 0 Å². The molecule has 2 rings (SSSR count). The zero-order valence-electron chi connectivity index (χ0n) is 13.5. The van der Waals surface area contributed by atoms with E-state index in [0.717, 1.165) is 11.0 Å². The van der Waals surface area contributed by atoms with Crippen molar-refractivity contribution in [2.24, 2.45) is 0 Å². The number of nitro groups is 1. The normalized spacial score (nSPS) is 16.3. The van der Waals surface area contributed by atoms with Gasteiger partial charge in [0.1, 0.15) is 11.2 Å². The Hall–Kier alpha value is -2.15. The molecule has 1 aliphatic rings. The second kappa shape index (κ2) is 5.19. The first kappa shape index (κ1) is 17.2. The lowest BCUT2D eigenvalue weighted by atomic mass is 9.93. The SMILES string of the molecule is CC(C)(C)OC(=O)N1C(=O)c2c([N+](=O)[O-])ccc(Cl)c2C1(C)C. The van der Waals surface area contributed by atoms with Crippen LogP contribution >= 0.6 is 11.6 Å². The van der Waals surface area contributed by atoms with Crippen LogP contribution in [0.15, 0.2) is 12.1 Å². The highest BCUT2D eigenvalue weighted by Gasteiger charge is 2.52. The maximum atomic E-state index is 12.7. The van der Waals surface area contributed by atoms with Crippen LogP contribution < -0.4 is 0 Å². The lowest BCUT2D eigenvalue weighted by Crippen LogP contribution is -2.46. The van der Waals surface area contributed by atoms with Gasteiger partial charge in [-0.3, -0.25) is 14.9 Å². The van der Waals surface area contributed by atoms with Crippen LogP contribution in [0, 0.1) is 10.1 Å². The summed E-state index contributed by atoms with van der Waals surface area (Å²) in [5, 5.41) is 11.4. The third-order valence-electron chi connectivity index (χ3n) is 3.49. The smallest absolute Gasteiger partial charge is 0.418 e. The van der Waals surface area contributed by atoms with Gasteiger partial charge in [-0.1, -0.05) is 11.6 Å². The largest absolute Gasteiger partial charge is 0.443 e. The average Bonchev–Trinajstić information content (AvgIpc) is 2.55. The van der Waals surface area contributed by atoms with Gasteiger partial charge in [-0.25, -0.2) is 9.69 Å². The highest BCUT2D eigenvalue weighted by atomic mass is 35.5. The van der Waals surface area contributed by atoms with E-state index in [4.69, 9.17) is 16.3 Å². The molecule has 7 nitrogen and oxygen atoms in total. The van der Waals surface area contributed by atoms with Crippen molar-refractivity contribution in [1.82, 2.24) is 4.90 Å². The van der Waals surface area contributed by atoms with Gasteiger partial charge in [-0.15, -0.1) is 0 Å². The molecule has 0 aromatic heterocycles. The van der Waals surface area contributed by atoms with Gasteiger partial charge in [0.25, 0.3) is 11.6 Å². The average molecular weight is 341 g/mol. The lowest BCUT2D eigenvalue weighted by Gasteiger charge is -2.32. The Morgan fingerprint density at radius 2 is 1.91 bits per heavy atom. The zero-order chi connectivity index (χ0) is 17.7. The molecule has 1 aliphatic heterocycles. The molecule has 0 fully saturated rings. The van der Waals surface area contributed by atoms with Gasteiger partial charge in [0.15, 0.2) is 0 Å². The van der Waals surface area contributed by atoms with Crippen LogP contribution in [0.2, 0.25) is 5.02 Å². The molecule has 1 aromatic rings. The highest BCUT2D eigenvalue weighted by Crippen LogP contribution is 2.46. The molecule has 0 bridgehead atoms. The van der Waals surface area contributed by atoms with Crippen molar-refractivity contribution in [1.29, 1.82) is 0 Å². The van der Waals surface area contributed by atoms with E-state index in [2.05, 4.69) is 0 Å². The van der Waals surface area contributed by atoms with Gasteiger partial charge < -0.3 is 4.74 Å². The lowest BCUT2D eigenvalue weighted by molar-refractivity contribution is -0.385. The molecule has 0 saturated carbocycles. The number of benzene rings is 1. The summed E-state index contributed by atoms with van der Waals surface area (Å²) >= 11 is 6.15. The minimum atomic E-state index is -1.15. The number of imide groups is 1. The summed E-state index contributed by atoms with van der Waals surface area (Å²) in [6.45, 7) is 8.19. The summed E-state index contributed by atoms with van der Waals surface area (Å²) in [6.07, 6.45) is -0.867. The Labute approximate surface area is 138 Å². The third kappa shape index (κ3) is 2.76. The highest BCUT2D eigenvalue weighted by molar-refractivity contribution is 6.33.